The second kappa shape index (κ2) is 8.42. The second-order valence-electron chi connectivity index (χ2n) is 7.39. The standard InChI is InChI=1S/C18H25F3N2O3/c1-11(2)10-14(15(24)26-17(3,4)5)23-16(25)22-13-8-6-12(7-9-13)18(19,20)21/h6-9,11,14H,10H2,1-5H3,(H2,22,23,25). The van der Waals surface area contributed by atoms with Gasteiger partial charge in [0.25, 0.3) is 0 Å². The van der Waals surface area contributed by atoms with Crippen LogP contribution in [0.4, 0.5) is 23.7 Å². The van der Waals surface area contributed by atoms with E-state index >= 15 is 0 Å². The summed E-state index contributed by atoms with van der Waals surface area (Å²) in [5.41, 5.74) is -1.32. The average molecular weight is 374 g/mol. The van der Waals surface area contributed by atoms with Gasteiger partial charge in [0.05, 0.1) is 5.56 Å². The van der Waals surface area contributed by atoms with Crippen molar-refractivity contribution in [3.63, 3.8) is 0 Å². The molecule has 2 amide bonds. The van der Waals surface area contributed by atoms with Crippen LogP contribution < -0.4 is 10.6 Å². The zero-order valence-corrected chi connectivity index (χ0v) is 15.5. The Balaban J connectivity index is 2.75. The number of alkyl halides is 3. The Hall–Kier alpha value is -2.25. The quantitative estimate of drug-likeness (QED) is 0.741. The van der Waals surface area contributed by atoms with Gasteiger partial charge >= 0.3 is 18.2 Å². The number of carbonyl (C=O) groups is 2. The molecule has 1 aromatic rings. The molecule has 0 aliphatic rings. The number of hydrogen-bond acceptors (Lipinski definition) is 3. The maximum Gasteiger partial charge on any atom is 0.416 e. The van der Waals surface area contributed by atoms with Gasteiger partial charge in [-0.05, 0) is 57.4 Å². The van der Waals surface area contributed by atoms with Crippen LogP contribution in [0.25, 0.3) is 0 Å². The summed E-state index contributed by atoms with van der Waals surface area (Å²) in [7, 11) is 0. The molecule has 0 aliphatic carbocycles. The largest absolute Gasteiger partial charge is 0.458 e. The molecule has 0 aromatic heterocycles. The molecule has 26 heavy (non-hydrogen) atoms. The van der Waals surface area contributed by atoms with Crippen LogP contribution in [0, 0.1) is 5.92 Å². The van der Waals surface area contributed by atoms with Crippen molar-refractivity contribution in [2.45, 2.75) is 58.9 Å². The van der Waals surface area contributed by atoms with E-state index in [0.29, 0.717) is 6.42 Å². The number of nitrogens with one attached hydrogen (secondary N) is 2. The number of rotatable bonds is 5. The molecule has 0 spiro atoms. The summed E-state index contributed by atoms with van der Waals surface area (Å²) in [6.07, 6.45) is -4.07. The van der Waals surface area contributed by atoms with Crippen LogP contribution in [0.1, 0.15) is 46.6 Å². The molecule has 8 heteroatoms. The van der Waals surface area contributed by atoms with Crippen molar-refractivity contribution in [1.29, 1.82) is 0 Å². The Morgan fingerprint density at radius 1 is 1.08 bits per heavy atom. The Morgan fingerprint density at radius 2 is 1.62 bits per heavy atom. The minimum Gasteiger partial charge on any atom is -0.458 e. The highest BCUT2D eigenvalue weighted by Crippen LogP contribution is 2.29. The lowest BCUT2D eigenvalue weighted by atomic mass is 10.0. The van der Waals surface area contributed by atoms with Crippen molar-refractivity contribution in [3.8, 4) is 0 Å². The summed E-state index contributed by atoms with van der Waals surface area (Å²) < 4.78 is 42.9. The minimum absolute atomic E-state index is 0.124. The zero-order valence-electron chi connectivity index (χ0n) is 15.5. The first kappa shape index (κ1) is 21.8. The smallest absolute Gasteiger partial charge is 0.416 e. The third kappa shape index (κ3) is 7.76. The van der Waals surface area contributed by atoms with E-state index in [1.807, 2.05) is 13.8 Å². The Labute approximate surface area is 151 Å². The highest BCUT2D eigenvalue weighted by molar-refractivity contribution is 5.92. The summed E-state index contributed by atoms with van der Waals surface area (Å²) in [4.78, 5) is 24.4. The van der Waals surface area contributed by atoms with Gasteiger partial charge in [0.1, 0.15) is 11.6 Å². The van der Waals surface area contributed by atoms with Gasteiger partial charge in [0.2, 0.25) is 0 Å². The lowest BCUT2D eigenvalue weighted by Gasteiger charge is -2.25. The van der Waals surface area contributed by atoms with Gasteiger partial charge in [-0.25, -0.2) is 9.59 Å². The summed E-state index contributed by atoms with van der Waals surface area (Å²) >= 11 is 0. The number of amides is 2. The fourth-order valence-corrected chi connectivity index (χ4v) is 2.13. The molecule has 0 bridgehead atoms. The van der Waals surface area contributed by atoms with Crippen LogP contribution in [-0.2, 0) is 15.7 Å². The molecule has 0 aliphatic heterocycles. The van der Waals surface area contributed by atoms with Crippen molar-refractivity contribution < 1.29 is 27.5 Å². The number of urea groups is 1. The van der Waals surface area contributed by atoms with Gasteiger partial charge in [-0.1, -0.05) is 13.8 Å². The fraction of sp³-hybridized carbons (Fsp3) is 0.556. The van der Waals surface area contributed by atoms with Gasteiger partial charge in [0.15, 0.2) is 0 Å². The van der Waals surface area contributed by atoms with Crippen molar-refractivity contribution in [1.82, 2.24) is 5.32 Å². The number of ether oxygens (including phenoxy) is 1. The highest BCUT2D eigenvalue weighted by atomic mass is 19.4. The first-order valence-corrected chi connectivity index (χ1v) is 8.25. The van der Waals surface area contributed by atoms with E-state index in [4.69, 9.17) is 4.74 Å². The molecule has 0 fully saturated rings. The van der Waals surface area contributed by atoms with E-state index < -0.39 is 35.4 Å². The summed E-state index contributed by atoms with van der Waals surface area (Å²) in [5, 5.41) is 4.93. The molecular weight excluding hydrogens is 349 g/mol. The predicted octanol–water partition coefficient (Wildman–Crippen LogP) is 4.58. The molecule has 1 atom stereocenters. The molecule has 0 radical (unpaired) electrons. The maximum absolute atomic E-state index is 12.5. The second-order valence-corrected chi connectivity index (χ2v) is 7.39. The van der Waals surface area contributed by atoms with E-state index in [9.17, 15) is 22.8 Å². The summed E-state index contributed by atoms with van der Waals surface area (Å²) in [6.45, 7) is 8.96. The van der Waals surface area contributed by atoms with Crippen LogP contribution >= 0.6 is 0 Å². The zero-order chi connectivity index (χ0) is 20.1. The van der Waals surface area contributed by atoms with Crippen molar-refractivity contribution in [3.05, 3.63) is 29.8 Å². The summed E-state index contributed by atoms with van der Waals surface area (Å²) in [5.74, 6) is -0.437. The number of benzene rings is 1. The lowest BCUT2D eigenvalue weighted by Crippen LogP contribution is -2.46. The molecule has 2 N–H and O–H groups in total. The van der Waals surface area contributed by atoms with Crippen LogP contribution in [0.15, 0.2) is 24.3 Å². The van der Waals surface area contributed by atoms with E-state index in [1.165, 1.54) is 0 Å². The predicted molar refractivity (Wildman–Crippen MR) is 92.7 cm³/mol. The van der Waals surface area contributed by atoms with E-state index in [0.717, 1.165) is 24.3 Å². The van der Waals surface area contributed by atoms with Gasteiger partial charge in [0, 0.05) is 5.69 Å². The van der Waals surface area contributed by atoms with Gasteiger partial charge in [-0.3, -0.25) is 0 Å². The van der Waals surface area contributed by atoms with Crippen LogP contribution in [0.2, 0.25) is 0 Å². The molecule has 1 aromatic carbocycles. The summed E-state index contributed by atoms with van der Waals surface area (Å²) in [6, 6.07) is 2.48. The molecule has 0 heterocycles. The SMILES string of the molecule is CC(C)CC(NC(=O)Nc1ccc(C(F)(F)F)cc1)C(=O)OC(C)(C)C. The Bertz CT molecular complexity index is 620. The normalized spacial score (nSPS) is 13.3. The van der Waals surface area contributed by atoms with Crippen molar-refractivity contribution in [2.24, 2.45) is 5.92 Å². The van der Waals surface area contributed by atoms with Gasteiger partial charge < -0.3 is 15.4 Å². The number of hydrogen-bond donors (Lipinski definition) is 2. The first-order chi connectivity index (χ1) is 11.8. The molecule has 0 saturated heterocycles. The minimum atomic E-state index is -4.44. The molecule has 5 nitrogen and oxygen atoms in total. The third-order valence-corrected chi connectivity index (χ3v) is 3.17. The average Bonchev–Trinajstić information content (AvgIpc) is 2.43. The number of esters is 1. The Kier molecular flexibility index (Phi) is 7.06. The number of halogens is 3. The number of anilines is 1. The van der Waals surface area contributed by atoms with Gasteiger partial charge in [-0.2, -0.15) is 13.2 Å². The molecule has 1 unspecified atom stereocenters. The monoisotopic (exact) mass is 374 g/mol. The van der Waals surface area contributed by atoms with Crippen molar-refractivity contribution >= 4 is 17.7 Å². The lowest BCUT2D eigenvalue weighted by molar-refractivity contribution is -0.157. The third-order valence-electron chi connectivity index (χ3n) is 3.17. The molecule has 0 saturated carbocycles. The van der Waals surface area contributed by atoms with Crippen LogP contribution in [0.3, 0.4) is 0 Å². The molecule has 1 rings (SSSR count). The first-order valence-electron chi connectivity index (χ1n) is 8.25. The van der Waals surface area contributed by atoms with E-state index in [1.54, 1.807) is 20.8 Å². The van der Waals surface area contributed by atoms with E-state index in [2.05, 4.69) is 10.6 Å². The van der Waals surface area contributed by atoms with Crippen LogP contribution in [0.5, 0.6) is 0 Å². The maximum atomic E-state index is 12.5. The fourth-order valence-electron chi connectivity index (χ4n) is 2.13. The van der Waals surface area contributed by atoms with Gasteiger partial charge in [-0.15, -0.1) is 0 Å². The number of carbonyl (C=O) groups excluding carboxylic acids is 2. The van der Waals surface area contributed by atoms with E-state index in [-0.39, 0.29) is 11.6 Å². The molecule has 146 valence electrons. The Morgan fingerprint density at radius 3 is 2.04 bits per heavy atom. The van der Waals surface area contributed by atoms with Crippen LogP contribution in [-0.4, -0.2) is 23.6 Å². The highest BCUT2D eigenvalue weighted by Gasteiger charge is 2.30. The molecular formula is C18H25F3N2O3. The van der Waals surface area contributed by atoms with Crippen molar-refractivity contribution in [2.75, 3.05) is 5.32 Å². The topological polar surface area (TPSA) is 67.4 Å².